The summed E-state index contributed by atoms with van der Waals surface area (Å²) in [5.41, 5.74) is 0. The Morgan fingerprint density at radius 3 is 1.91 bits per heavy atom. The Morgan fingerprint density at radius 2 is 1.52 bits per heavy atom. The SMILES string of the molecule is CCC(C(F)(F)C(CC)S(=O)(=O)Oc1ccccc1)S(=O)(=O)O. The molecule has 0 saturated carbocycles. The molecule has 132 valence electrons. The van der Waals surface area contributed by atoms with E-state index in [2.05, 4.69) is 4.18 Å². The maximum atomic E-state index is 14.4. The zero-order chi connectivity index (χ0) is 17.9. The van der Waals surface area contributed by atoms with Crippen LogP contribution in [-0.2, 0) is 20.2 Å². The van der Waals surface area contributed by atoms with Gasteiger partial charge in [-0.1, -0.05) is 32.0 Å². The van der Waals surface area contributed by atoms with Gasteiger partial charge in [0.2, 0.25) is 0 Å². The molecule has 6 nitrogen and oxygen atoms in total. The Bertz CT molecular complexity index is 716. The number of rotatable bonds is 8. The molecule has 1 rings (SSSR count). The smallest absolute Gasteiger partial charge is 0.318 e. The van der Waals surface area contributed by atoms with Crippen molar-refractivity contribution in [1.82, 2.24) is 0 Å². The van der Waals surface area contributed by atoms with Gasteiger partial charge < -0.3 is 4.18 Å². The summed E-state index contributed by atoms with van der Waals surface area (Å²) < 4.78 is 89.1. The summed E-state index contributed by atoms with van der Waals surface area (Å²) in [7, 11) is -9.96. The molecule has 0 aliphatic carbocycles. The fourth-order valence-electron chi connectivity index (χ4n) is 2.23. The zero-order valence-corrected chi connectivity index (χ0v) is 14.1. The minimum Gasteiger partial charge on any atom is -0.382 e. The van der Waals surface area contributed by atoms with E-state index in [0.29, 0.717) is 0 Å². The molecule has 0 spiro atoms. The number of para-hydroxylation sites is 1. The van der Waals surface area contributed by atoms with E-state index >= 15 is 0 Å². The van der Waals surface area contributed by atoms with E-state index in [1.165, 1.54) is 31.2 Å². The molecule has 0 saturated heterocycles. The van der Waals surface area contributed by atoms with Gasteiger partial charge in [-0.05, 0) is 25.0 Å². The summed E-state index contributed by atoms with van der Waals surface area (Å²) in [6.07, 6.45) is -1.24. The molecule has 1 aromatic rings. The molecular weight excluding hydrogens is 354 g/mol. The summed E-state index contributed by atoms with van der Waals surface area (Å²) in [6, 6.07) is 7.02. The van der Waals surface area contributed by atoms with Gasteiger partial charge in [0.05, 0.1) is 0 Å². The predicted molar refractivity (Wildman–Crippen MR) is 80.6 cm³/mol. The molecule has 2 atom stereocenters. The van der Waals surface area contributed by atoms with E-state index in [0.717, 1.165) is 6.92 Å². The second-order valence-corrected chi connectivity index (χ2v) is 8.19. The predicted octanol–water partition coefficient (Wildman–Crippen LogP) is 2.48. The van der Waals surface area contributed by atoms with Gasteiger partial charge in [-0.2, -0.15) is 16.8 Å². The molecular formula is C13H18F2O6S2. The highest BCUT2D eigenvalue weighted by molar-refractivity contribution is 7.88. The third-order valence-corrected chi connectivity index (χ3v) is 6.40. The Morgan fingerprint density at radius 1 is 1.04 bits per heavy atom. The Balaban J connectivity index is 3.24. The monoisotopic (exact) mass is 372 g/mol. The van der Waals surface area contributed by atoms with E-state index in [1.807, 2.05) is 0 Å². The van der Waals surface area contributed by atoms with Crippen molar-refractivity contribution in [2.45, 2.75) is 43.1 Å². The number of halogens is 2. The van der Waals surface area contributed by atoms with Crippen molar-refractivity contribution in [3.05, 3.63) is 30.3 Å². The van der Waals surface area contributed by atoms with Gasteiger partial charge in [0, 0.05) is 0 Å². The maximum absolute atomic E-state index is 14.4. The van der Waals surface area contributed by atoms with Crippen LogP contribution in [-0.4, -0.2) is 37.8 Å². The van der Waals surface area contributed by atoms with Crippen LogP contribution < -0.4 is 4.18 Å². The average molecular weight is 372 g/mol. The summed E-state index contributed by atoms with van der Waals surface area (Å²) in [4.78, 5) is 0. The van der Waals surface area contributed by atoms with E-state index in [9.17, 15) is 25.6 Å². The molecule has 0 aliphatic heterocycles. The van der Waals surface area contributed by atoms with Crippen molar-refractivity contribution in [1.29, 1.82) is 0 Å². The van der Waals surface area contributed by atoms with Crippen molar-refractivity contribution in [2.75, 3.05) is 0 Å². The van der Waals surface area contributed by atoms with Crippen LogP contribution in [0.1, 0.15) is 26.7 Å². The van der Waals surface area contributed by atoms with Gasteiger partial charge in [-0.3, -0.25) is 4.55 Å². The van der Waals surface area contributed by atoms with Crippen LogP contribution in [0, 0.1) is 0 Å². The summed E-state index contributed by atoms with van der Waals surface area (Å²) in [5, 5.41) is -4.95. The quantitative estimate of drug-likeness (QED) is 0.556. The number of hydrogen-bond acceptors (Lipinski definition) is 5. The van der Waals surface area contributed by atoms with E-state index in [-0.39, 0.29) is 5.75 Å². The molecule has 0 fully saturated rings. The van der Waals surface area contributed by atoms with Crippen LogP contribution in [0.25, 0.3) is 0 Å². The third-order valence-electron chi connectivity index (χ3n) is 3.26. The van der Waals surface area contributed by atoms with Crippen molar-refractivity contribution >= 4 is 20.2 Å². The first kappa shape index (κ1) is 19.8. The maximum Gasteiger partial charge on any atom is 0.318 e. The van der Waals surface area contributed by atoms with Crippen LogP contribution in [0.3, 0.4) is 0 Å². The van der Waals surface area contributed by atoms with Gasteiger partial charge in [0.15, 0.2) is 10.5 Å². The first-order chi connectivity index (χ1) is 10.5. The highest BCUT2D eigenvalue weighted by Crippen LogP contribution is 2.36. The summed E-state index contributed by atoms with van der Waals surface area (Å²) >= 11 is 0. The second-order valence-electron chi connectivity index (χ2n) is 4.87. The number of alkyl halides is 2. The van der Waals surface area contributed by atoms with Crippen LogP contribution in [0.15, 0.2) is 30.3 Å². The first-order valence-electron chi connectivity index (χ1n) is 6.79. The Kier molecular flexibility index (Phi) is 6.11. The lowest BCUT2D eigenvalue weighted by Gasteiger charge is -2.29. The summed E-state index contributed by atoms with van der Waals surface area (Å²) in [5.74, 6) is -4.38. The lowest BCUT2D eigenvalue weighted by molar-refractivity contribution is -0.0129. The average Bonchev–Trinajstić information content (AvgIpc) is 2.37. The molecule has 10 heteroatoms. The molecule has 2 unspecified atom stereocenters. The van der Waals surface area contributed by atoms with Crippen molar-refractivity contribution in [3.8, 4) is 5.75 Å². The Labute approximate surface area is 134 Å². The lowest BCUT2D eigenvalue weighted by Crippen LogP contribution is -2.52. The molecule has 1 aromatic carbocycles. The third kappa shape index (κ3) is 4.61. The minimum atomic E-state index is -5.13. The minimum absolute atomic E-state index is 0.165. The first-order valence-corrected chi connectivity index (χ1v) is 9.76. The van der Waals surface area contributed by atoms with E-state index in [4.69, 9.17) is 4.55 Å². The molecule has 0 aromatic heterocycles. The van der Waals surface area contributed by atoms with E-state index in [1.54, 1.807) is 6.07 Å². The fraction of sp³-hybridized carbons (Fsp3) is 0.538. The number of hydrogen-bond donors (Lipinski definition) is 1. The van der Waals surface area contributed by atoms with E-state index < -0.39 is 49.5 Å². The van der Waals surface area contributed by atoms with Gasteiger partial charge in [-0.25, -0.2) is 8.78 Å². The standard InChI is InChI=1S/C13H18F2O6S2/c1-3-11(22(16,17)18)13(14,15)12(4-2)23(19,20)21-10-8-6-5-7-9-10/h5-9,11-12H,3-4H2,1-2H3,(H,16,17,18). The largest absolute Gasteiger partial charge is 0.382 e. The van der Waals surface area contributed by atoms with Gasteiger partial charge >= 0.3 is 10.1 Å². The van der Waals surface area contributed by atoms with Crippen molar-refractivity contribution in [3.63, 3.8) is 0 Å². The fourth-order valence-corrected chi connectivity index (χ4v) is 4.75. The molecule has 23 heavy (non-hydrogen) atoms. The number of benzene rings is 1. The summed E-state index contributed by atoms with van der Waals surface area (Å²) in [6.45, 7) is 2.28. The normalized spacial score (nSPS) is 15.9. The molecule has 0 amide bonds. The van der Waals surface area contributed by atoms with Gasteiger partial charge in [0.25, 0.3) is 16.0 Å². The molecule has 0 heterocycles. The Hall–Kier alpha value is -1.26. The molecule has 0 aliphatic rings. The topological polar surface area (TPSA) is 97.7 Å². The van der Waals surface area contributed by atoms with Crippen LogP contribution in [0.2, 0.25) is 0 Å². The molecule has 1 N–H and O–H groups in total. The van der Waals surface area contributed by atoms with Gasteiger partial charge in [-0.15, -0.1) is 0 Å². The highest BCUT2D eigenvalue weighted by atomic mass is 32.2. The second kappa shape index (κ2) is 7.10. The molecule has 0 bridgehead atoms. The van der Waals surface area contributed by atoms with Crippen molar-refractivity contribution in [2.24, 2.45) is 0 Å². The zero-order valence-electron chi connectivity index (χ0n) is 12.5. The van der Waals surface area contributed by atoms with Gasteiger partial charge in [0.1, 0.15) is 5.75 Å². The van der Waals surface area contributed by atoms with Crippen LogP contribution in [0.4, 0.5) is 8.78 Å². The van der Waals surface area contributed by atoms with Crippen LogP contribution in [0.5, 0.6) is 5.75 Å². The highest BCUT2D eigenvalue weighted by Gasteiger charge is 2.57. The van der Waals surface area contributed by atoms with Crippen molar-refractivity contribution < 1.29 is 34.4 Å². The lowest BCUT2D eigenvalue weighted by atomic mass is 10.1. The molecule has 0 radical (unpaired) electrons. The van der Waals surface area contributed by atoms with Crippen LogP contribution >= 0.6 is 0 Å².